The molecular weight excluding hydrogens is 803 g/mol. The Hall–Kier alpha value is -6.70. The van der Waals surface area contributed by atoms with E-state index in [1.807, 2.05) is 12.1 Å². The first kappa shape index (κ1) is 41.1. The molecule has 0 N–H and O–H groups in total. The third-order valence-corrected chi connectivity index (χ3v) is 11.8. The SMILES string of the molecule is CC1(C)CC2(CC(C)(C)c3ccc(Oc4ccc(-c5ccc([N+](=O)[O-])cc5)cc4C(F)(F)F)cc32)c2cc(Oc3ccc(-c4ccc([N+](=O)[O-])cc4)cc3C(F)(F)F)ccc21. The summed E-state index contributed by atoms with van der Waals surface area (Å²) in [5.74, 6) is -0.559. The van der Waals surface area contributed by atoms with E-state index in [1.54, 1.807) is 24.3 Å². The second-order valence-electron chi connectivity index (χ2n) is 16.8. The first-order valence-corrected chi connectivity index (χ1v) is 19.1. The molecule has 0 fully saturated rings. The van der Waals surface area contributed by atoms with Crippen molar-refractivity contribution in [3.05, 3.63) is 175 Å². The molecule has 312 valence electrons. The summed E-state index contributed by atoms with van der Waals surface area (Å²) in [6.07, 6.45) is -8.44. The van der Waals surface area contributed by atoms with Crippen LogP contribution in [0, 0.1) is 20.2 Å². The summed E-state index contributed by atoms with van der Waals surface area (Å²) in [5.41, 5.74) is 0.660. The molecule has 0 amide bonds. The Labute approximate surface area is 345 Å². The summed E-state index contributed by atoms with van der Waals surface area (Å²) >= 11 is 0. The molecule has 0 bridgehead atoms. The number of fused-ring (bicyclic) bond motifs is 4. The van der Waals surface area contributed by atoms with Crippen molar-refractivity contribution in [2.45, 2.75) is 69.1 Å². The highest BCUT2D eigenvalue weighted by Gasteiger charge is 2.56. The summed E-state index contributed by atoms with van der Waals surface area (Å²) in [6.45, 7) is 8.31. The highest BCUT2D eigenvalue weighted by Crippen LogP contribution is 2.64. The second kappa shape index (κ2) is 14.2. The van der Waals surface area contributed by atoms with Crippen LogP contribution in [0.2, 0.25) is 0 Å². The predicted molar refractivity (Wildman–Crippen MR) is 216 cm³/mol. The third kappa shape index (κ3) is 7.44. The fourth-order valence-electron chi connectivity index (χ4n) is 9.28. The number of nitro benzene ring substituents is 2. The lowest BCUT2D eigenvalue weighted by Gasteiger charge is -2.31. The third-order valence-electron chi connectivity index (χ3n) is 11.8. The standard InChI is InChI=1S/C47H36F6N2O6/c1-43(2)25-45(37-23-33(15-17-35(37)43)60-41-19-9-29(21-39(41)46(48,49)50)27-5-11-31(12-6-27)54(56)57)26-44(3,4)36-18-16-34(24-38(36)45)61-42-20-10-30(22-40(42)47(51,52)53)28-7-13-32(14-8-28)55(58)59/h5-24H,25-26H2,1-4H3. The van der Waals surface area contributed by atoms with E-state index in [1.165, 1.54) is 72.8 Å². The molecule has 61 heavy (non-hydrogen) atoms. The van der Waals surface area contributed by atoms with Gasteiger partial charge in [-0.15, -0.1) is 0 Å². The summed E-state index contributed by atoms with van der Waals surface area (Å²) in [4.78, 5) is 21.0. The van der Waals surface area contributed by atoms with E-state index in [4.69, 9.17) is 9.47 Å². The zero-order valence-corrected chi connectivity index (χ0v) is 33.1. The van der Waals surface area contributed by atoms with Gasteiger partial charge in [-0.3, -0.25) is 20.2 Å². The predicted octanol–water partition coefficient (Wildman–Crippen LogP) is 14.1. The molecule has 6 aromatic carbocycles. The monoisotopic (exact) mass is 838 g/mol. The molecule has 14 heteroatoms. The average Bonchev–Trinajstić information content (AvgIpc) is 3.56. The first-order chi connectivity index (χ1) is 28.6. The van der Waals surface area contributed by atoms with Crippen molar-refractivity contribution in [3.63, 3.8) is 0 Å². The van der Waals surface area contributed by atoms with Crippen molar-refractivity contribution in [1.29, 1.82) is 0 Å². The summed E-state index contributed by atoms with van der Waals surface area (Å²) < 4.78 is 99.6. The number of halogens is 6. The van der Waals surface area contributed by atoms with Gasteiger partial charge < -0.3 is 9.47 Å². The maximum Gasteiger partial charge on any atom is 0.420 e. The number of alkyl halides is 6. The van der Waals surface area contributed by atoms with Gasteiger partial charge >= 0.3 is 12.4 Å². The molecule has 2 aliphatic rings. The molecule has 0 saturated heterocycles. The Bertz CT molecular complexity index is 2550. The highest BCUT2D eigenvalue weighted by atomic mass is 19.4. The number of rotatable bonds is 8. The van der Waals surface area contributed by atoms with E-state index in [2.05, 4.69) is 27.7 Å². The maximum atomic E-state index is 14.6. The van der Waals surface area contributed by atoms with Crippen molar-refractivity contribution >= 4 is 11.4 Å². The molecule has 2 aliphatic carbocycles. The van der Waals surface area contributed by atoms with Gasteiger partial charge in [-0.1, -0.05) is 52.0 Å². The molecule has 8 nitrogen and oxygen atoms in total. The number of non-ortho nitro benzene ring substituents is 2. The Morgan fingerprint density at radius 2 is 0.820 bits per heavy atom. The van der Waals surface area contributed by atoms with Crippen LogP contribution in [0.4, 0.5) is 37.7 Å². The molecule has 0 saturated carbocycles. The van der Waals surface area contributed by atoms with E-state index < -0.39 is 61.1 Å². The van der Waals surface area contributed by atoms with Crippen LogP contribution in [-0.4, -0.2) is 9.85 Å². The van der Waals surface area contributed by atoms with Crippen molar-refractivity contribution in [2.75, 3.05) is 0 Å². The van der Waals surface area contributed by atoms with Gasteiger partial charge in [0.15, 0.2) is 0 Å². The molecule has 0 unspecified atom stereocenters. The lowest BCUT2D eigenvalue weighted by molar-refractivity contribution is -0.385. The second-order valence-corrected chi connectivity index (χ2v) is 16.8. The average molecular weight is 839 g/mol. The van der Waals surface area contributed by atoms with Crippen molar-refractivity contribution in [3.8, 4) is 45.3 Å². The van der Waals surface area contributed by atoms with E-state index in [-0.39, 0.29) is 34.0 Å². The van der Waals surface area contributed by atoms with Crippen molar-refractivity contribution in [2.24, 2.45) is 0 Å². The van der Waals surface area contributed by atoms with Crippen LogP contribution in [0.25, 0.3) is 22.3 Å². The molecular formula is C47H36F6N2O6. The topological polar surface area (TPSA) is 105 Å². The Balaban J connectivity index is 1.16. The molecule has 0 radical (unpaired) electrons. The van der Waals surface area contributed by atoms with Crippen molar-refractivity contribution in [1.82, 2.24) is 0 Å². The van der Waals surface area contributed by atoms with Gasteiger partial charge in [-0.05, 0) is 141 Å². The number of ether oxygens (including phenoxy) is 2. The van der Waals surface area contributed by atoms with Crippen LogP contribution in [0.5, 0.6) is 23.0 Å². The molecule has 0 heterocycles. The lowest BCUT2D eigenvalue weighted by Crippen LogP contribution is -2.27. The number of hydrogen-bond donors (Lipinski definition) is 0. The molecule has 6 aromatic rings. The highest BCUT2D eigenvalue weighted by molar-refractivity contribution is 5.69. The molecule has 0 aromatic heterocycles. The maximum absolute atomic E-state index is 14.6. The smallest absolute Gasteiger partial charge is 0.420 e. The number of benzene rings is 6. The van der Waals surface area contributed by atoms with Crippen LogP contribution in [0.3, 0.4) is 0 Å². The van der Waals surface area contributed by atoms with Crippen LogP contribution < -0.4 is 9.47 Å². The Kier molecular flexibility index (Phi) is 9.56. The van der Waals surface area contributed by atoms with Gasteiger partial charge in [0, 0.05) is 29.7 Å². The lowest BCUT2D eigenvalue weighted by atomic mass is 9.72. The largest absolute Gasteiger partial charge is 0.457 e. The number of hydrogen-bond acceptors (Lipinski definition) is 6. The van der Waals surface area contributed by atoms with E-state index in [9.17, 15) is 46.6 Å². The summed E-state index contributed by atoms with van der Waals surface area (Å²) in [5, 5.41) is 22.2. The van der Waals surface area contributed by atoms with Crippen LogP contribution in [0.15, 0.2) is 121 Å². The van der Waals surface area contributed by atoms with Crippen LogP contribution in [-0.2, 0) is 28.6 Å². The number of nitro groups is 2. The normalized spacial score (nSPS) is 15.9. The van der Waals surface area contributed by atoms with Gasteiger partial charge in [0.1, 0.15) is 23.0 Å². The summed E-state index contributed by atoms with van der Waals surface area (Å²) in [6, 6.07) is 28.1. The molecule has 0 atom stereocenters. The van der Waals surface area contributed by atoms with Gasteiger partial charge in [0.05, 0.1) is 21.0 Å². The van der Waals surface area contributed by atoms with Crippen LogP contribution in [0.1, 0.15) is 73.9 Å². The quantitative estimate of drug-likeness (QED) is 0.0859. The summed E-state index contributed by atoms with van der Waals surface area (Å²) in [7, 11) is 0. The van der Waals surface area contributed by atoms with E-state index in [0.717, 1.165) is 34.4 Å². The van der Waals surface area contributed by atoms with E-state index in [0.29, 0.717) is 24.0 Å². The minimum absolute atomic E-state index is 0.158. The zero-order valence-electron chi connectivity index (χ0n) is 33.1. The fourth-order valence-corrected chi connectivity index (χ4v) is 9.28. The van der Waals surface area contributed by atoms with Gasteiger partial charge in [0.25, 0.3) is 11.4 Å². The zero-order chi connectivity index (χ0) is 43.9. The Morgan fingerprint density at radius 1 is 0.475 bits per heavy atom. The number of nitrogens with zero attached hydrogens (tertiary/aromatic N) is 2. The minimum Gasteiger partial charge on any atom is -0.457 e. The fraction of sp³-hybridized carbons (Fsp3) is 0.234. The van der Waals surface area contributed by atoms with E-state index >= 15 is 0 Å². The first-order valence-electron chi connectivity index (χ1n) is 19.1. The Morgan fingerprint density at radius 3 is 1.15 bits per heavy atom. The van der Waals surface area contributed by atoms with Gasteiger partial charge in [-0.2, -0.15) is 26.3 Å². The van der Waals surface area contributed by atoms with Gasteiger partial charge in [0.2, 0.25) is 0 Å². The van der Waals surface area contributed by atoms with Crippen LogP contribution >= 0.6 is 0 Å². The molecule has 1 spiro atoms. The van der Waals surface area contributed by atoms with Gasteiger partial charge in [-0.25, -0.2) is 0 Å². The molecule has 8 rings (SSSR count). The minimum atomic E-state index is -4.81. The molecule has 0 aliphatic heterocycles. The van der Waals surface area contributed by atoms with Crippen molar-refractivity contribution < 1.29 is 45.7 Å².